The van der Waals surface area contributed by atoms with Crippen LogP contribution in [0.5, 0.6) is 5.75 Å². The normalized spacial score (nSPS) is 9.17. The third-order valence-corrected chi connectivity index (χ3v) is 1.50. The minimum Gasteiger partial charge on any atom is -0.505 e. The largest absolute Gasteiger partial charge is 0.505 e. The number of rotatable bonds is 1. The van der Waals surface area contributed by atoms with E-state index in [1.54, 1.807) is 0 Å². The Balaban J connectivity index is 3.35. The van der Waals surface area contributed by atoms with Gasteiger partial charge in [-0.2, -0.15) is 4.99 Å². The summed E-state index contributed by atoms with van der Waals surface area (Å²) in [4.78, 5) is 13.1. The second-order valence-electron chi connectivity index (χ2n) is 2.25. The highest BCUT2D eigenvalue weighted by Gasteiger charge is 2.07. The number of isocyanates is 1. The second kappa shape index (κ2) is 3.15. The average molecular weight is 167 g/mol. The van der Waals surface area contributed by atoms with Gasteiger partial charge in [0.15, 0.2) is 11.6 Å². The molecule has 0 aliphatic heterocycles. The Morgan fingerprint density at radius 1 is 1.58 bits per heavy atom. The highest BCUT2D eigenvalue weighted by molar-refractivity contribution is 5.55. The van der Waals surface area contributed by atoms with Gasteiger partial charge < -0.3 is 5.11 Å². The number of nitrogens with zero attached hydrogens (tertiary/aromatic N) is 1. The molecule has 0 aromatic heterocycles. The van der Waals surface area contributed by atoms with Crippen LogP contribution in [0.2, 0.25) is 0 Å². The SMILES string of the molecule is Cc1c(N=C=O)ccc(O)c1F. The third-order valence-electron chi connectivity index (χ3n) is 1.50. The molecule has 0 saturated carbocycles. The van der Waals surface area contributed by atoms with Crippen molar-refractivity contribution < 1.29 is 14.3 Å². The van der Waals surface area contributed by atoms with Crippen molar-refractivity contribution in [2.75, 3.05) is 0 Å². The molecule has 0 amide bonds. The lowest BCUT2D eigenvalue weighted by molar-refractivity contribution is 0.430. The molecule has 0 bridgehead atoms. The number of phenols is 1. The summed E-state index contributed by atoms with van der Waals surface area (Å²) in [7, 11) is 0. The number of aliphatic imine (C=N–C) groups is 1. The lowest BCUT2D eigenvalue weighted by Crippen LogP contribution is -1.83. The Morgan fingerprint density at radius 2 is 2.25 bits per heavy atom. The number of phenolic OH excluding ortho intramolecular Hbond substituents is 1. The zero-order chi connectivity index (χ0) is 9.14. The lowest BCUT2D eigenvalue weighted by Gasteiger charge is -2.00. The number of halogens is 1. The topological polar surface area (TPSA) is 49.7 Å². The fourth-order valence-corrected chi connectivity index (χ4v) is 0.831. The van der Waals surface area contributed by atoms with Gasteiger partial charge in [0, 0.05) is 5.56 Å². The van der Waals surface area contributed by atoms with Crippen LogP contribution in [0.4, 0.5) is 10.1 Å². The number of hydrogen-bond acceptors (Lipinski definition) is 3. The highest BCUT2D eigenvalue weighted by atomic mass is 19.1. The maximum absolute atomic E-state index is 12.9. The monoisotopic (exact) mass is 167 g/mol. The van der Waals surface area contributed by atoms with Gasteiger partial charge in [-0.15, -0.1) is 0 Å². The van der Waals surface area contributed by atoms with Crippen LogP contribution < -0.4 is 0 Å². The van der Waals surface area contributed by atoms with Crippen molar-refractivity contribution in [3.05, 3.63) is 23.5 Å². The average Bonchev–Trinajstić information content (AvgIpc) is 2.07. The fraction of sp³-hybridized carbons (Fsp3) is 0.125. The van der Waals surface area contributed by atoms with E-state index >= 15 is 0 Å². The second-order valence-corrected chi connectivity index (χ2v) is 2.25. The molecule has 1 aromatic carbocycles. The van der Waals surface area contributed by atoms with E-state index in [9.17, 15) is 9.18 Å². The van der Waals surface area contributed by atoms with E-state index in [-0.39, 0.29) is 11.3 Å². The summed E-state index contributed by atoms with van der Waals surface area (Å²) in [5.41, 5.74) is 0.318. The summed E-state index contributed by atoms with van der Waals surface area (Å²) >= 11 is 0. The first-order valence-electron chi connectivity index (χ1n) is 3.22. The molecule has 0 unspecified atom stereocenters. The predicted molar refractivity (Wildman–Crippen MR) is 40.6 cm³/mol. The maximum atomic E-state index is 12.9. The molecule has 0 atom stereocenters. The van der Waals surface area contributed by atoms with Crippen LogP contribution in [-0.4, -0.2) is 11.2 Å². The van der Waals surface area contributed by atoms with Crippen molar-refractivity contribution in [1.29, 1.82) is 0 Å². The van der Waals surface area contributed by atoms with Crippen molar-refractivity contribution in [1.82, 2.24) is 0 Å². The van der Waals surface area contributed by atoms with Crippen molar-refractivity contribution in [3.8, 4) is 5.75 Å². The Hall–Kier alpha value is -1.67. The molecule has 0 heterocycles. The molecule has 12 heavy (non-hydrogen) atoms. The summed E-state index contributed by atoms with van der Waals surface area (Å²) in [5.74, 6) is -1.20. The molecule has 0 radical (unpaired) electrons. The van der Waals surface area contributed by atoms with Crippen LogP contribution in [0.3, 0.4) is 0 Å². The van der Waals surface area contributed by atoms with Crippen LogP contribution >= 0.6 is 0 Å². The van der Waals surface area contributed by atoms with E-state index in [2.05, 4.69) is 4.99 Å². The van der Waals surface area contributed by atoms with E-state index in [1.165, 1.54) is 19.1 Å². The number of hydrogen-bond donors (Lipinski definition) is 1. The molecular weight excluding hydrogens is 161 g/mol. The van der Waals surface area contributed by atoms with E-state index < -0.39 is 11.6 Å². The Bertz CT molecular complexity index is 356. The first kappa shape index (κ1) is 8.43. The summed E-state index contributed by atoms with van der Waals surface area (Å²) in [6.45, 7) is 1.42. The number of benzene rings is 1. The molecule has 4 heteroatoms. The molecule has 1 N–H and O–H groups in total. The molecule has 0 spiro atoms. The molecule has 0 fully saturated rings. The lowest BCUT2D eigenvalue weighted by atomic mass is 10.2. The van der Waals surface area contributed by atoms with E-state index in [0.29, 0.717) is 0 Å². The first-order valence-corrected chi connectivity index (χ1v) is 3.22. The van der Waals surface area contributed by atoms with Crippen molar-refractivity contribution >= 4 is 11.8 Å². The summed E-state index contributed by atoms with van der Waals surface area (Å²) in [5, 5.41) is 8.88. The van der Waals surface area contributed by atoms with Gasteiger partial charge in [0.25, 0.3) is 0 Å². The van der Waals surface area contributed by atoms with Gasteiger partial charge in [-0.1, -0.05) is 0 Å². The van der Waals surface area contributed by atoms with Crippen molar-refractivity contribution in [2.24, 2.45) is 4.99 Å². The molecule has 0 aliphatic rings. The van der Waals surface area contributed by atoms with Gasteiger partial charge in [0.2, 0.25) is 6.08 Å². The highest BCUT2D eigenvalue weighted by Crippen LogP contribution is 2.26. The minimum absolute atomic E-state index is 0.137. The fourth-order valence-electron chi connectivity index (χ4n) is 0.831. The smallest absolute Gasteiger partial charge is 0.240 e. The summed E-state index contributed by atoms with van der Waals surface area (Å²) in [6.07, 6.45) is 1.30. The van der Waals surface area contributed by atoms with Gasteiger partial charge in [0.05, 0.1) is 5.69 Å². The van der Waals surface area contributed by atoms with E-state index in [0.717, 1.165) is 6.07 Å². The van der Waals surface area contributed by atoms with Crippen LogP contribution in [0, 0.1) is 12.7 Å². The molecule has 62 valence electrons. The minimum atomic E-state index is -0.758. The van der Waals surface area contributed by atoms with E-state index in [1.807, 2.05) is 0 Å². The molecule has 1 rings (SSSR count). The quantitative estimate of drug-likeness (QED) is 0.512. The van der Waals surface area contributed by atoms with Crippen LogP contribution in [0.1, 0.15) is 5.56 Å². The van der Waals surface area contributed by atoms with Crippen molar-refractivity contribution in [3.63, 3.8) is 0 Å². The Morgan fingerprint density at radius 3 is 2.83 bits per heavy atom. The van der Waals surface area contributed by atoms with E-state index in [4.69, 9.17) is 5.11 Å². The van der Waals surface area contributed by atoms with Gasteiger partial charge in [-0.25, -0.2) is 9.18 Å². The molecule has 1 aromatic rings. The van der Waals surface area contributed by atoms with Gasteiger partial charge in [0.1, 0.15) is 0 Å². The first-order chi connectivity index (χ1) is 5.66. The zero-order valence-corrected chi connectivity index (χ0v) is 6.34. The Labute approximate surface area is 68.2 Å². The van der Waals surface area contributed by atoms with Crippen molar-refractivity contribution in [2.45, 2.75) is 6.92 Å². The Kier molecular flexibility index (Phi) is 2.21. The van der Waals surface area contributed by atoms with Gasteiger partial charge in [-0.05, 0) is 19.1 Å². The van der Waals surface area contributed by atoms with Crippen LogP contribution in [0.15, 0.2) is 17.1 Å². The summed E-state index contributed by atoms with van der Waals surface area (Å²) in [6, 6.07) is 2.48. The maximum Gasteiger partial charge on any atom is 0.240 e. The molecular formula is C8H6FNO2. The summed E-state index contributed by atoms with van der Waals surface area (Å²) < 4.78 is 12.9. The number of carbonyl (C=O) groups excluding carboxylic acids is 1. The zero-order valence-electron chi connectivity index (χ0n) is 6.34. The number of aromatic hydroxyl groups is 1. The van der Waals surface area contributed by atoms with Gasteiger partial charge in [-0.3, -0.25) is 0 Å². The molecule has 3 nitrogen and oxygen atoms in total. The van der Waals surface area contributed by atoms with Crippen LogP contribution in [-0.2, 0) is 4.79 Å². The standard InChI is InChI=1S/C8H6FNO2/c1-5-6(10-4-11)2-3-7(12)8(5)9/h2-3,12H,1H3. The van der Waals surface area contributed by atoms with Gasteiger partial charge >= 0.3 is 0 Å². The third kappa shape index (κ3) is 1.33. The predicted octanol–water partition coefficient (Wildman–Crippen LogP) is 1.81. The molecule has 0 aliphatic carbocycles. The molecule has 0 saturated heterocycles. The van der Waals surface area contributed by atoms with Crippen LogP contribution in [0.25, 0.3) is 0 Å².